The number of aryl methyl sites for hydroxylation is 2. The van der Waals surface area contributed by atoms with Gasteiger partial charge >= 0.3 is 5.97 Å². The minimum Gasteiger partial charge on any atom is -0.489 e. The Morgan fingerprint density at radius 2 is 1.62 bits per heavy atom. The zero-order valence-electron chi connectivity index (χ0n) is 18.1. The van der Waals surface area contributed by atoms with Crippen LogP contribution in [0.2, 0.25) is 0 Å². The summed E-state index contributed by atoms with van der Waals surface area (Å²) in [6.45, 7) is 4.02. The molecule has 170 valence electrons. The highest BCUT2D eigenvalue weighted by atomic mass is 32.2. The monoisotopic (exact) mass is 475 g/mol. The quantitative estimate of drug-likeness (QED) is 0.323. The Bertz CT molecular complexity index is 1120. The summed E-state index contributed by atoms with van der Waals surface area (Å²) in [5, 5.41) is 1.71. The van der Waals surface area contributed by atoms with E-state index in [1.807, 2.05) is 32.0 Å². The molecule has 9 heteroatoms. The zero-order chi connectivity index (χ0) is 23.1. The van der Waals surface area contributed by atoms with Gasteiger partial charge in [0.25, 0.3) is 10.0 Å². The maximum atomic E-state index is 12.6. The van der Waals surface area contributed by atoms with Crippen LogP contribution >= 0.6 is 11.3 Å². The number of thiophene rings is 1. The van der Waals surface area contributed by atoms with E-state index in [4.69, 9.17) is 14.2 Å². The first-order valence-corrected chi connectivity index (χ1v) is 12.2. The van der Waals surface area contributed by atoms with Crippen molar-refractivity contribution in [3.63, 3.8) is 0 Å². The largest absolute Gasteiger partial charge is 0.489 e. The fourth-order valence-electron chi connectivity index (χ4n) is 2.95. The maximum Gasteiger partial charge on any atom is 0.344 e. The number of para-hydroxylation sites is 1. The van der Waals surface area contributed by atoms with Gasteiger partial charge in [-0.1, -0.05) is 24.3 Å². The van der Waals surface area contributed by atoms with Crippen LogP contribution < -0.4 is 13.8 Å². The first-order chi connectivity index (χ1) is 15.3. The predicted molar refractivity (Wildman–Crippen MR) is 124 cm³/mol. The molecule has 0 aliphatic heterocycles. The highest BCUT2D eigenvalue weighted by molar-refractivity contribution is 7.94. The summed E-state index contributed by atoms with van der Waals surface area (Å²) in [6, 6.07) is 15.6. The number of nitrogens with zero attached hydrogens (tertiary/aromatic N) is 1. The van der Waals surface area contributed by atoms with Crippen LogP contribution in [0.1, 0.15) is 11.1 Å². The molecule has 0 saturated heterocycles. The van der Waals surface area contributed by atoms with Crippen LogP contribution in [-0.2, 0) is 19.6 Å². The molecule has 3 aromatic rings. The van der Waals surface area contributed by atoms with E-state index in [0.29, 0.717) is 11.4 Å². The van der Waals surface area contributed by atoms with Gasteiger partial charge in [-0.25, -0.2) is 13.2 Å². The third kappa shape index (κ3) is 5.80. The molecule has 1 aromatic heterocycles. The number of esters is 1. The summed E-state index contributed by atoms with van der Waals surface area (Å²) >= 11 is 1.16. The Morgan fingerprint density at radius 3 is 2.25 bits per heavy atom. The fourth-order valence-corrected chi connectivity index (χ4v) is 5.30. The molecule has 0 radical (unpaired) electrons. The Labute approximate surface area is 192 Å². The minimum absolute atomic E-state index is 0.111. The Hall–Kier alpha value is -3.04. The van der Waals surface area contributed by atoms with E-state index in [0.717, 1.165) is 28.2 Å². The number of rotatable bonds is 10. The Balaban J connectivity index is 1.44. The molecule has 0 bridgehead atoms. The lowest BCUT2D eigenvalue weighted by molar-refractivity contribution is -0.146. The molecule has 1 heterocycles. The number of ether oxygens (including phenoxy) is 3. The summed E-state index contributed by atoms with van der Waals surface area (Å²) in [6.07, 6.45) is 0. The molecule has 0 unspecified atom stereocenters. The van der Waals surface area contributed by atoms with Gasteiger partial charge in [0.1, 0.15) is 28.9 Å². The summed E-state index contributed by atoms with van der Waals surface area (Å²) in [4.78, 5) is 11.9. The van der Waals surface area contributed by atoms with Crippen molar-refractivity contribution in [2.45, 2.75) is 18.1 Å². The van der Waals surface area contributed by atoms with Crippen molar-refractivity contribution in [2.75, 3.05) is 31.2 Å². The summed E-state index contributed by atoms with van der Waals surface area (Å²) in [5.74, 6) is 0.710. The van der Waals surface area contributed by atoms with Crippen LogP contribution in [0.4, 0.5) is 5.69 Å². The first kappa shape index (κ1) is 23.6. The van der Waals surface area contributed by atoms with Crippen molar-refractivity contribution >= 4 is 33.0 Å². The molecule has 32 heavy (non-hydrogen) atoms. The van der Waals surface area contributed by atoms with Gasteiger partial charge in [-0.05, 0) is 60.7 Å². The van der Waals surface area contributed by atoms with E-state index in [1.54, 1.807) is 41.8 Å². The SMILES string of the molecule is Cc1cccc(C)c1OCCOC(=O)COc1ccc(N(C)S(=O)(=O)c2cccs2)cc1. The van der Waals surface area contributed by atoms with Crippen molar-refractivity contribution in [2.24, 2.45) is 0 Å². The van der Waals surface area contributed by atoms with E-state index in [9.17, 15) is 13.2 Å². The van der Waals surface area contributed by atoms with Crippen molar-refractivity contribution in [3.05, 3.63) is 71.1 Å². The highest BCUT2D eigenvalue weighted by Gasteiger charge is 2.22. The third-order valence-electron chi connectivity index (χ3n) is 4.67. The molecule has 2 aromatic carbocycles. The number of hydrogen-bond donors (Lipinski definition) is 0. The van der Waals surface area contributed by atoms with Crippen LogP contribution in [0.15, 0.2) is 64.2 Å². The number of sulfonamides is 1. The van der Waals surface area contributed by atoms with E-state index < -0.39 is 16.0 Å². The fraction of sp³-hybridized carbons (Fsp3) is 0.261. The molecule has 0 atom stereocenters. The second-order valence-electron chi connectivity index (χ2n) is 6.98. The molecule has 3 rings (SSSR count). The van der Waals surface area contributed by atoms with Gasteiger partial charge in [-0.15, -0.1) is 11.3 Å². The number of benzene rings is 2. The van der Waals surface area contributed by atoms with E-state index in [1.165, 1.54) is 11.4 Å². The van der Waals surface area contributed by atoms with Crippen molar-refractivity contribution < 1.29 is 27.4 Å². The van der Waals surface area contributed by atoms with Gasteiger partial charge in [0.15, 0.2) is 6.61 Å². The Kier molecular flexibility index (Phi) is 7.76. The van der Waals surface area contributed by atoms with Crippen LogP contribution in [-0.4, -0.2) is 41.3 Å². The number of carbonyl (C=O) groups is 1. The van der Waals surface area contributed by atoms with Gasteiger partial charge in [0, 0.05) is 7.05 Å². The van der Waals surface area contributed by atoms with E-state index in [-0.39, 0.29) is 24.0 Å². The van der Waals surface area contributed by atoms with Gasteiger partial charge in [0.05, 0.1) is 5.69 Å². The lowest BCUT2D eigenvalue weighted by atomic mass is 10.1. The second kappa shape index (κ2) is 10.5. The van der Waals surface area contributed by atoms with Gasteiger partial charge in [-0.3, -0.25) is 4.31 Å². The van der Waals surface area contributed by atoms with Crippen molar-refractivity contribution in [1.29, 1.82) is 0 Å². The highest BCUT2D eigenvalue weighted by Crippen LogP contribution is 2.26. The van der Waals surface area contributed by atoms with Crippen molar-refractivity contribution in [1.82, 2.24) is 0 Å². The molecule has 0 N–H and O–H groups in total. The molecule has 0 aliphatic rings. The summed E-state index contributed by atoms with van der Waals surface area (Å²) < 4.78 is 42.9. The third-order valence-corrected chi connectivity index (χ3v) is 7.83. The van der Waals surface area contributed by atoms with Crippen LogP contribution in [0.5, 0.6) is 11.5 Å². The molecular weight excluding hydrogens is 450 g/mol. The molecule has 0 fully saturated rings. The summed E-state index contributed by atoms with van der Waals surface area (Å²) in [5.41, 5.74) is 2.53. The smallest absolute Gasteiger partial charge is 0.344 e. The standard InChI is InChI=1S/C23H25NO6S2/c1-17-6-4-7-18(2)23(17)29-14-13-28-21(25)16-30-20-11-9-19(10-12-20)24(3)32(26,27)22-8-5-15-31-22/h4-12,15H,13-14,16H2,1-3H3. The lowest BCUT2D eigenvalue weighted by Gasteiger charge is -2.18. The number of hydrogen-bond acceptors (Lipinski definition) is 7. The minimum atomic E-state index is -3.60. The molecule has 0 amide bonds. The molecule has 0 spiro atoms. The van der Waals surface area contributed by atoms with Crippen LogP contribution in [0.3, 0.4) is 0 Å². The second-order valence-corrected chi connectivity index (χ2v) is 10.1. The van der Waals surface area contributed by atoms with Crippen molar-refractivity contribution in [3.8, 4) is 11.5 Å². The molecule has 0 aliphatic carbocycles. The number of anilines is 1. The molecule has 7 nitrogen and oxygen atoms in total. The maximum absolute atomic E-state index is 12.6. The van der Waals surface area contributed by atoms with Crippen LogP contribution in [0, 0.1) is 13.8 Å². The molecular formula is C23H25NO6S2. The lowest BCUT2D eigenvalue weighted by Crippen LogP contribution is -2.25. The predicted octanol–water partition coefficient (Wildman–Crippen LogP) is 4.19. The zero-order valence-corrected chi connectivity index (χ0v) is 19.7. The average molecular weight is 476 g/mol. The van der Waals surface area contributed by atoms with Gasteiger partial charge < -0.3 is 14.2 Å². The van der Waals surface area contributed by atoms with E-state index in [2.05, 4.69) is 0 Å². The van der Waals surface area contributed by atoms with Gasteiger partial charge in [0.2, 0.25) is 0 Å². The molecule has 0 saturated carbocycles. The van der Waals surface area contributed by atoms with Gasteiger partial charge in [-0.2, -0.15) is 0 Å². The average Bonchev–Trinajstić information content (AvgIpc) is 3.33. The normalized spacial score (nSPS) is 11.1. The topological polar surface area (TPSA) is 82.1 Å². The van der Waals surface area contributed by atoms with E-state index >= 15 is 0 Å². The summed E-state index contributed by atoms with van der Waals surface area (Å²) in [7, 11) is -2.11. The Morgan fingerprint density at radius 1 is 0.938 bits per heavy atom. The van der Waals surface area contributed by atoms with Crippen LogP contribution in [0.25, 0.3) is 0 Å². The number of carbonyl (C=O) groups excluding carboxylic acids is 1. The first-order valence-electron chi connectivity index (χ1n) is 9.89.